The highest BCUT2D eigenvalue weighted by atomic mass is 16.4. The van der Waals surface area contributed by atoms with Gasteiger partial charge in [-0.1, -0.05) is 18.2 Å². The lowest BCUT2D eigenvalue weighted by molar-refractivity contribution is 0.0950. The molecule has 0 aliphatic carbocycles. The molecule has 1 aromatic heterocycles. The summed E-state index contributed by atoms with van der Waals surface area (Å²) in [4.78, 5) is 11.5. The van der Waals surface area contributed by atoms with Gasteiger partial charge in [0.2, 0.25) is 0 Å². The second-order valence-electron chi connectivity index (χ2n) is 3.03. The topological polar surface area (TPSA) is 88.5 Å². The molecular formula is C10H10N2O3. The van der Waals surface area contributed by atoms with E-state index in [9.17, 15) is 4.79 Å². The molecule has 78 valence electrons. The number of hydrogen-bond donors (Lipinski definition) is 3. The van der Waals surface area contributed by atoms with Crippen LogP contribution < -0.4 is 11.3 Å². The number of furan rings is 1. The van der Waals surface area contributed by atoms with Gasteiger partial charge >= 0.3 is 0 Å². The van der Waals surface area contributed by atoms with Crippen molar-refractivity contribution in [3.63, 3.8) is 0 Å². The number of carbonyl (C=O) groups is 1. The first kappa shape index (κ1) is 9.70. The SMILES string of the molecule is NNC(=O)c1c(CO)oc2ccccc12. The minimum absolute atomic E-state index is 0.221. The van der Waals surface area contributed by atoms with Gasteiger partial charge in [-0.05, 0) is 6.07 Å². The normalized spacial score (nSPS) is 10.5. The first-order valence-corrected chi connectivity index (χ1v) is 4.40. The molecule has 0 unspecified atom stereocenters. The van der Waals surface area contributed by atoms with Crippen molar-refractivity contribution in [1.82, 2.24) is 5.43 Å². The standard InChI is InChI=1S/C10H10N2O3/c11-12-10(14)9-6-3-1-2-4-7(6)15-8(9)5-13/h1-4,13H,5,11H2,(H,12,14). The summed E-state index contributed by atoms with van der Waals surface area (Å²) < 4.78 is 5.30. The van der Waals surface area contributed by atoms with E-state index in [0.717, 1.165) is 0 Å². The zero-order valence-corrected chi connectivity index (χ0v) is 7.86. The summed E-state index contributed by atoms with van der Waals surface area (Å²) >= 11 is 0. The number of fused-ring (bicyclic) bond motifs is 1. The summed E-state index contributed by atoms with van der Waals surface area (Å²) in [7, 11) is 0. The summed E-state index contributed by atoms with van der Waals surface area (Å²) in [5.74, 6) is 4.81. The molecule has 0 fully saturated rings. The van der Waals surface area contributed by atoms with Crippen LogP contribution in [0.4, 0.5) is 0 Å². The van der Waals surface area contributed by atoms with E-state index >= 15 is 0 Å². The Morgan fingerprint density at radius 1 is 1.47 bits per heavy atom. The largest absolute Gasteiger partial charge is 0.458 e. The van der Waals surface area contributed by atoms with E-state index in [-0.39, 0.29) is 17.9 Å². The maximum atomic E-state index is 11.5. The number of carbonyl (C=O) groups excluding carboxylic acids is 1. The Hall–Kier alpha value is -1.85. The van der Waals surface area contributed by atoms with Crippen molar-refractivity contribution in [2.24, 2.45) is 5.84 Å². The Bertz CT molecular complexity index is 504. The Labute approximate surface area is 85.5 Å². The average Bonchev–Trinajstić information content (AvgIpc) is 2.66. The number of hydrogen-bond acceptors (Lipinski definition) is 4. The number of para-hydroxylation sites is 1. The molecule has 0 atom stereocenters. The molecule has 5 heteroatoms. The van der Waals surface area contributed by atoms with Crippen molar-refractivity contribution in [3.05, 3.63) is 35.6 Å². The van der Waals surface area contributed by atoms with Crippen LogP contribution in [0.15, 0.2) is 28.7 Å². The molecule has 4 N–H and O–H groups in total. The molecule has 1 heterocycles. The minimum atomic E-state index is -0.469. The Kier molecular flexibility index (Phi) is 2.40. The van der Waals surface area contributed by atoms with Crippen LogP contribution in [0.1, 0.15) is 16.1 Å². The van der Waals surface area contributed by atoms with Crippen LogP contribution in [0.25, 0.3) is 11.0 Å². The fourth-order valence-corrected chi connectivity index (χ4v) is 1.53. The van der Waals surface area contributed by atoms with Crippen molar-refractivity contribution in [3.8, 4) is 0 Å². The van der Waals surface area contributed by atoms with Gasteiger partial charge in [-0.25, -0.2) is 5.84 Å². The molecule has 0 radical (unpaired) electrons. The lowest BCUT2D eigenvalue weighted by atomic mass is 10.1. The molecule has 0 spiro atoms. The molecule has 0 saturated heterocycles. The average molecular weight is 206 g/mol. The summed E-state index contributed by atoms with van der Waals surface area (Å²) in [6, 6.07) is 7.04. The molecular weight excluding hydrogens is 196 g/mol. The van der Waals surface area contributed by atoms with Gasteiger partial charge < -0.3 is 9.52 Å². The van der Waals surface area contributed by atoms with E-state index in [2.05, 4.69) is 0 Å². The number of rotatable bonds is 2. The summed E-state index contributed by atoms with van der Waals surface area (Å²) in [5.41, 5.74) is 2.87. The lowest BCUT2D eigenvalue weighted by Gasteiger charge is -1.98. The Balaban J connectivity index is 2.72. The van der Waals surface area contributed by atoms with Crippen LogP contribution in [0.5, 0.6) is 0 Å². The number of amides is 1. The highest BCUT2D eigenvalue weighted by molar-refractivity contribution is 6.06. The highest BCUT2D eigenvalue weighted by Gasteiger charge is 2.18. The molecule has 5 nitrogen and oxygen atoms in total. The van der Waals surface area contributed by atoms with Crippen LogP contribution in [0.2, 0.25) is 0 Å². The molecule has 0 aliphatic rings. The van der Waals surface area contributed by atoms with Crippen molar-refractivity contribution >= 4 is 16.9 Å². The van der Waals surface area contributed by atoms with Gasteiger partial charge in [-0.3, -0.25) is 10.2 Å². The van der Waals surface area contributed by atoms with Gasteiger partial charge in [0.25, 0.3) is 5.91 Å². The lowest BCUT2D eigenvalue weighted by Crippen LogP contribution is -2.30. The third kappa shape index (κ3) is 1.47. The van der Waals surface area contributed by atoms with E-state index in [1.807, 2.05) is 5.43 Å². The first-order chi connectivity index (χ1) is 7.27. The monoisotopic (exact) mass is 206 g/mol. The van der Waals surface area contributed by atoms with Gasteiger partial charge in [0.15, 0.2) is 0 Å². The fourth-order valence-electron chi connectivity index (χ4n) is 1.53. The Morgan fingerprint density at radius 2 is 2.20 bits per heavy atom. The van der Waals surface area contributed by atoms with E-state index in [1.54, 1.807) is 24.3 Å². The van der Waals surface area contributed by atoms with Crippen molar-refractivity contribution in [2.75, 3.05) is 0 Å². The van der Waals surface area contributed by atoms with Crippen molar-refractivity contribution in [1.29, 1.82) is 0 Å². The molecule has 15 heavy (non-hydrogen) atoms. The van der Waals surface area contributed by atoms with Crippen molar-refractivity contribution < 1.29 is 14.3 Å². The highest BCUT2D eigenvalue weighted by Crippen LogP contribution is 2.25. The molecule has 0 aliphatic heterocycles. The molecule has 1 amide bonds. The van der Waals surface area contributed by atoms with E-state index in [0.29, 0.717) is 11.0 Å². The molecule has 1 aromatic carbocycles. The summed E-state index contributed by atoms with van der Waals surface area (Å²) in [6.45, 7) is -0.336. The second-order valence-corrected chi connectivity index (χ2v) is 3.03. The number of aliphatic hydroxyl groups is 1. The third-order valence-electron chi connectivity index (χ3n) is 2.17. The minimum Gasteiger partial charge on any atom is -0.458 e. The van der Waals surface area contributed by atoms with Crippen LogP contribution in [-0.2, 0) is 6.61 Å². The maximum absolute atomic E-state index is 11.5. The zero-order valence-electron chi connectivity index (χ0n) is 7.86. The predicted octanol–water partition coefficient (Wildman–Crippen LogP) is 0.529. The number of nitrogens with two attached hydrogens (primary N) is 1. The van der Waals surface area contributed by atoms with E-state index < -0.39 is 5.91 Å². The number of aliphatic hydroxyl groups excluding tert-OH is 1. The Morgan fingerprint density at radius 3 is 2.87 bits per heavy atom. The van der Waals surface area contributed by atoms with Crippen LogP contribution in [0.3, 0.4) is 0 Å². The zero-order chi connectivity index (χ0) is 10.8. The van der Waals surface area contributed by atoms with E-state index in [4.69, 9.17) is 15.4 Å². The summed E-state index contributed by atoms with van der Waals surface area (Å²) in [5, 5.41) is 9.69. The number of nitrogen functional groups attached to an aromatic ring is 1. The first-order valence-electron chi connectivity index (χ1n) is 4.40. The number of benzene rings is 1. The molecule has 2 aromatic rings. The molecule has 2 rings (SSSR count). The van der Waals surface area contributed by atoms with Gasteiger partial charge in [-0.2, -0.15) is 0 Å². The summed E-state index contributed by atoms with van der Waals surface area (Å²) in [6.07, 6.45) is 0. The second kappa shape index (κ2) is 3.72. The van der Waals surface area contributed by atoms with Gasteiger partial charge in [0, 0.05) is 5.39 Å². The quantitative estimate of drug-likeness (QED) is 0.380. The number of nitrogens with one attached hydrogen (secondary N) is 1. The fraction of sp³-hybridized carbons (Fsp3) is 0.100. The smallest absolute Gasteiger partial charge is 0.269 e. The van der Waals surface area contributed by atoms with Crippen LogP contribution in [-0.4, -0.2) is 11.0 Å². The number of hydrazine groups is 1. The maximum Gasteiger partial charge on any atom is 0.269 e. The van der Waals surface area contributed by atoms with E-state index in [1.165, 1.54) is 0 Å². The van der Waals surface area contributed by atoms with Gasteiger partial charge in [-0.15, -0.1) is 0 Å². The van der Waals surface area contributed by atoms with Gasteiger partial charge in [0.05, 0.1) is 5.56 Å². The molecule has 0 bridgehead atoms. The van der Waals surface area contributed by atoms with Crippen molar-refractivity contribution in [2.45, 2.75) is 6.61 Å². The van der Waals surface area contributed by atoms with Crippen LogP contribution >= 0.6 is 0 Å². The van der Waals surface area contributed by atoms with Crippen LogP contribution in [0, 0.1) is 0 Å². The third-order valence-corrected chi connectivity index (χ3v) is 2.17. The van der Waals surface area contributed by atoms with Gasteiger partial charge in [0.1, 0.15) is 18.0 Å². The predicted molar refractivity (Wildman–Crippen MR) is 53.8 cm³/mol. The molecule has 0 saturated carbocycles.